The lowest BCUT2D eigenvalue weighted by Gasteiger charge is -2.29. The molecule has 5 nitrogen and oxygen atoms in total. The summed E-state index contributed by atoms with van der Waals surface area (Å²) in [7, 11) is 0. The van der Waals surface area contributed by atoms with E-state index in [-0.39, 0.29) is 16.2 Å². The van der Waals surface area contributed by atoms with Gasteiger partial charge in [0.05, 0.1) is 27.8 Å². The Labute approximate surface area is 355 Å². The highest BCUT2D eigenvalue weighted by Gasteiger charge is 2.31. The zero-order valence-corrected chi connectivity index (χ0v) is 36.4. The molecular formula is C56H49N5. The summed E-state index contributed by atoms with van der Waals surface area (Å²) in [6, 6.07) is 49.6. The number of hydrogen-bond acceptors (Lipinski definition) is 3. The molecule has 12 aromatic rings. The topological polar surface area (TPSA) is 37.8 Å². The zero-order chi connectivity index (χ0) is 41.9. The third kappa shape index (κ3) is 5.07. The van der Waals surface area contributed by atoms with Crippen LogP contribution in [0.5, 0.6) is 0 Å². The Morgan fingerprint density at radius 2 is 0.803 bits per heavy atom. The first-order valence-corrected chi connectivity index (χ1v) is 21.7. The van der Waals surface area contributed by atoms with Gasteiger partial charge in [0, 0.05) is 43.7 Å². The molecule has 0 aliphatic carbocycles. The molecular weight excluding hydrogens is 743 g/mol. The van der Waals surface area contributed by atoms with Crippen LogP contribution in [-0.4, -0.2) is 18.8 Å². The molecule has 12 rings (SSSR count). The van der Waals surface area contributed by atoms with Crippen molar-refractivity contribution in [2.24, 2.45) is 0 Å². The second-order valence-corrected chi connectivity index (χ2v) is 20.4. The summed E-state index contributed by atoms with van der Waals surface area (Å²) in [5.41, 5.74) is 15.3. The summed E-state index contributed by atoms with van der Waals surface area (Å²) < 4.78 is 4.87. The van der Waals surface area contributed by atoms with E-state index in [2.05, 4.69) is 209 Å². The Morgan fingerprint density at radius 3 is 1.33 bits per heavy atom. The smallest absolute Gasteiger partial charge is 0.165 e. The molecule has 0 N–H and O–H groups in total. The quantitative estimate of drug-likeness (QED) is 0.179. The molecule has 5 aromatic heterocycles. The summed E-state index contributed by atoms with van der Waals surface area (Å²) in [6.07, 6.45) is 0. The van der Waals surface area contributed by atoms with Gasteiger partial charge in [-0.3, -0.25) is 8.80 Å². The van der Waals surface area contributed by atoms with Crippen molar-refractivity contribution in [1.82, 2.24) is 18.8 Å². The largest absolute Gasteiger partial charge is 0.308 e. The van der Waals surface area contributed by atoms with Gasteiger partial charge in [0.15, 0.2) is 11.3 Å². The summed E-state index contributed by atoms with van der Waals surface area (Å²) in [5.74, 6) is 0. The van der Waals surface area contributed by atoms with Gasteiger partial charge >= 0.3 is 0 Å². The molecule has 0 aliphatic heterocycles. The highest BCUT2D eigenvalue weighted by molar-refractivity contribution is 6.28. The number of hydrogen-bond donors (Lipinski definition) is 0. The molecule has 298 valence electrons. The Balaban J connectivity index is 1.32. The maximum Gasteiger partial charge on any atom is 0.165 e. The first kappa shape index (κ1) is 36.2. The SMILES string of the molecule is CC(C)(C)c1cc(N(c2ccccc2)c2ccccc2)c2c(c1)c1cc(C(C)(C)C)cc3c4nc5c(nc4n2c13)c1cc(C(C)(C)C)cc2c3cc4ccccc4cc3n5c21. The van der Waals surface area contributed by atoms with Gasteiger partial charge in [0.25, 0.3) is 0 Å². The van der Waals surface area contributed by atoms with E-state index in [0.29, 0.717) is 0 Å². The zero-order valence-electron chi connectivity index (χ0n) is 36.4. The van der Waals surface area contributed by atoms with E-state index in [1.165, 1.54) is 65.6 Å². The highest BCUT2D eigenvalue weighted by Crippen LogP contribution is 2.49. The molecule has 0 atom stereocenters. The Kier molecular flexibility index (Phi) is 7.10. The van der Waals surface area contributed by atoms with Crippen molar-refractivity contribution in [3.63, 3.8) is 0 Å². The van der Waals surface area contributed by atoms with E-state index in [4.69, 9.17) is 9.97 Å². The molecule has 5 heterocycles. The third-order valence-corrected chi connectivity index (χ3v) is 13.3. The summed E-state index contributed by atoms with van der Waals surface area (Å²) >= 11 is 0. The second kappa shape index (κ2) is 12.0. The molecule has 0 aliphatic rings. The highest BCUT2D eigenvalue weighted by atomic mass is 15.2. The summed E-state index contributed by atoms with van der Waals surface area (Å²) in [5, 5.41) is 9.74. The minimum atomic E-state index is -0.103. The minimum Gasteiger partial charge on any atom is -0.308 e. The number of nitrogens with zero attached hydrogens (tertiary/aromatic N) is 5. The molecule has 0 fully saturated rings. The number of anilines is 3. The van der Waals surface area contributed by atoms with Gasteiger partial charge in [-0.05, 0) is 117 Å². The average Bonchev–Trinajstić information content (AvgIpc) is 3.94. The molecule has 0 amide bonds. The fraction of sp³-hybridized carbons (Fsp3) is 0.214. The Morgan fingerprint density at radius 1 is 0.393 bits per heavy atom. The maximum absolute atomic E-state index is 5.87. The van der Waals surface area contributed by atoms with Crippen molar-refractivity contribution in [1.29, 1.82) is 0 Å². The molecule has 0 bridgehead atoms. The summed E-state index contributed by atoms with van der Waals surface area (Å²) in [6.45, 7) is 20.9. The fourth-order valence-electron chi connectivity index (χ4n) is 10.0. The average molecular weight is 792 g/mol. The van der Waals surface area contributed by atoms with Crippen LogP contribution in [0, 0.1) is 0 Å². The lowest BCUT2D eigenvalue weighted by molar-refractivity contribution is 0.591. The van der Waals surface area contributed by atoms with Crippen LogP contribution in [0.25, 0.3) is 87.5 Å². The Bertz CT molecular complexity index is 3700. The van der Waals surface area contributed by atoms with Crippen LogP contribution in [0.1, 0.15) is 79.0 Å². The van der Waals surface area contributed by atoms with Gasteiger partial charge in [0.1, 0.15) is 11.0 Å². The van der Waals surface area contributed by atoms with Gasteiger partial charge in [0.2, 0.25) is 0 Å². The second-order valence-electron chi connectivity index (χ2n) is 20.4. The number of para-hydroxylation sites is 2. The van der Waals surface area contributed by atoms with E-state index in [9.17, 15) is 0 Å². The fourth-order valence-corrected chi connectivity index (χ4v) is 10.0. The predicted molar refractivity (Wildman–Crippen MR) is 260 cm³/mol. The Hall–Kier alpha value is -6.72. The van der Waals surface area contributed by atoms with E-state index < -0.39 is 0 Å². The van der Waals surface area contributed by atoms with Crippen molar-refractivity contribution in [2.75, 3.05) is 4.90 Å². The minimum absolute atomic E-state index is 0.0662. The molecule has 7 aromatic carbocycles. The van der Waals surface area contributed by atoms with Crippen LogP contribution in [-0.2, 0) is 16.2 Å². The predicted octanol–water partition coefficient (Wildman–Crippen LogP) is 15.3. The molecule has 0 spiro atoms. The van der Waals surface area contributed by atoms with Crippen molar-refractivity contribution in [2.45, 2.75) is 78.6 Å². The maximum atomic E-state index is 5.87. The number of rotatable bonds is 3. The van der Waals surface area contributed by atoms with Crippen molar-refractivity contribution in [3.8, 4) is 0 Å². The van der Waals surface area contributed by atoms with E-state index >= 15 is 0 Å². The van der Waals surface area contributed by atoms with Crippen molar-refractivity contribution >= 4 is 105 Å². The number of benzene rings is 7. The monoisotopic (exact) mass is 791 g/mol. The van der Waals surface area contributed by atoms with Crippen LogP contribution >= 0.6 is 0 Å². The van der Waals surface area contributed by atoms with Crippen LogP contribution in [0.3, 0.4) is 0 Å². The molecule has 0 saturated carbocycles. The van der Waals surface area contributed by atoms with E-state index in [1.54, 1.807) is 0 Å². The van der Waals surface area contributed by atoms with Crippen LogP contribution < -0.4 is 4.90 Å². The van der Waals surface area contributed by atoms with Crippen LogP contribution in [0.15, 0.2) is 133 Å². The standard InChI is InChI=1S/C56H49N5/c1-54(2,3)34-26-40-39-24-32-18-16-17-19-33(32)25-45(39)60-49(40)43(29-34)47-52(60)57-48-44-30-35(55(4,5)6)27-41-42-28-36(56(7,8)9)31-46(51(42)61(50(41)44)53(48)58-47)59(37-20-12-10-13-21-37)38-22-14-11-15-23-38/h10-31H,1-9H3. The van der Waals surface area contributed by atoms with Crippen LogP contribution in [0.2, 0.25) is 0 Å². The number of fused-ring (bicyclic) bond motifs is 13. The number of aromatic nitrogens is 4. The first-order valence-electron chi connectivity index (χ1n) is 21.7. The van der Waals surface area contributed by atoms with Crippen LogP contribution in [0.4, 0.5) is 17.1 Å². The first-order chi connectivity index (χ1) is 29.1. The normalized spacial score (nSPS) is 13.3. The summed E-state index contributed by atoms with van der Waals surface area (Å²) in [4.78, 5) is 14.1. The van der Waals surface area contributed by atoms with E-state index in [1.807, 2.05) is 0 Å². The van der Waals surface area contributed by atoms with Gasteiger partial charge in [-0.15, -0.1) is 0 Å². The van der Waals surface area contributed by atoms with E-state index in [0.717, 1.165) is 55.7 Å². The van der Waals surface area contributed by atoms with Gasteiger partial charge < -0.3 is 4.90 Å². The lowest BCUT2D eigenvalue weighted by atomic mass is 9.84. The molecule has 0 saturated heterocycles. The van der Waals surface area contributed by atoms with Gasteiger partial charge in [-0.2, -0.15) is 0 Å². The molecule has 0 unspecified atom stereocenters. The molecule has 0 radical (unpaired) electrons. The van der Waals surface area contributed by atoms with Crippen molar-refractivity contribution in [3.05, 3.63) is 150 Å². The van der Waals surface area contributed by atoms with Crippen molar-refractivity contribution < 1.29 is 0 Å². The molecule has 5 heteroatoms. The lowest BCUT2D eigenvalue weighted by Crippen LogP contribution is -2.15. The molecule has 61 heavy (non-hydrogen) atoms. The van der Waals surface area contributed by atoms with Gasteiger partial charge in [-0.1, -0.05) is 123 Å². The third-order valence-electron chi connectivity index (χ3n) is 13.3. The van der Waals surface area contributed by atoms with Gasteiger partial charge in [-0.25, -0.2) is 9.97 Å².